The molecule has 3 nitrogen and oxygen atoms in total. The van der Waals surface area contributed by atoms with E-state index in [1.807, 2.05) is 12.3 Å². The van der Waals surface area contributed by atoms with Gasteiger partial charge in [0.25, 0.3) is 0 Å². The van der Waals surface area contributed by atoms with Gasteiger partial charge in [-0.15, -0.1) is 0 Å². The lowest BCUT2D eigenvalue weighted by Gasteiger charge is -2.02. The number of benzene rings is 1. The lowest BCUT2D eigenvalue weighted by atomic mass is 10.1. The molecule has 0 radical (unpaired) electrons. The SMILES string of the molecule is CCCNCc1coc(COCCCc2ccccc2)c1. The second-order valence-corrected chi connectivity index (χ2v) is 5.24. The molecule has 0 aliphatic heterocycles. The average molecular weight is 287 g/mol. The maximum Gasteiger partial charge on any atom is 0.129 e. The van der Waals surface area contributed by atoms with E-state index in [9.17, 15) is 0 Å². The van der Waals surface area contributed by atoms with E-state index in [0.29, 0.717) is 6.61 Å². The normalized spacial score (nSPS) is 10.9. The van der Waals surface area contributed by atoms with Crippen LogP contribution in [0.5, 0.6) is 0 Å². The van der Waals surface area contributed by atoms with E-state index in [1.165, 1.54) is 11.1 Å². The minimum atomic E-state index is 0.558. The smallest absolute Gasteiger partial charge is 0.129 e. The fraction of sp³-hybridized carbons (Fsp3) is 0.444. The van der Waals surface area contributed by atoms with Crippen LogP contribution in [0.3, 0.4) is 0 Å². The molecule has 0 aliphatic rings. The zero-order chi connectivity index (χ0) is 14.8. The quantitative estimate of drug-likeness (QED) is 0.672. The van der Waals surface area contributed by atoms with Gasteiger partial charge in [0.05, 0.1) is 6.26 Å². The zero-order valence-electron chi connectivity index (χ0n) is 12.8. The molecule has 0 atom stereocenters. The van der Waals surface area contributed by atoms with Crippen LogP contribution in [0.25, 0.3) is 0 Å². The predicted molar refractivity (Wildman–Crippen MR) is 85.1 cm³/mol. The highest BCUT2D eigenvalue weighted by molar-refractivity contribution is 5.14. The van der Waals surface area contributed by atoms with Crippen molar-refractivity contribution in [3.05, 3.63) is 59.5 Å². The first-order chi connectivity index (χ1) is 10.4. The summed E-state index contributed by atoms with van der Waals surface area (Å²) < 4.78 is 11.2. The molecule has 0 saturated carbocycles. The van der Waals surface area contributed by atoms with Crippen LogP contribution in [0.15, 0.2) is 47.1 Å². The van der Waals surface area contributed by atoms with Gasteiger partial charge in [0.2, 0.25) is 0 Å². The average Bonchev–Trinajstić information content (AvgIpc) is 2.96. The Morgan fingerprint density at radius 2 is 2.00 bits per heavy atom. The van der Waals surface area contributed by atoms with E-state index in [1.54, 1.807) is 0 Å². The van der Waals surface area contributed by atoms with Crippen molar-refractivity contribution in [1.82, 2.24) is 5.32 Å². The first-order valence-electron chi connectivity index (χ1n) is 7.77. The highest BCUT2D eigenvalue weighted by Gasteiger charge is 2.02. The monoisotopic (exact) mass is 287 g/mol. The highest BCUT2D eigenvalue weighted by Crippen LogP contribution is 2.09. The predicted octanol–water partition coefficient (Wildman–Crippen LogP) is 3.93. The summed E-state index contributed by atoms with van der Waals surface area (Å²) in [5.74, 6) is 0.906. The Kier molecular flexibility index (Phi) is 7.05. The van der Waals surface area contributed by atoms with E-state index in [-0.39, 0.29) is 0 Å². The molecule has 0 spiro atoms. The first kappa shape index (κ1) is 15.8. The van der Waals surface area contributed by atoms with Crippen LogP contribution >= 0.6 is 0 Å². The summed E-state index contributed by atoms with van der Waals surface area (Å²) in [6.07, 6.45) is 5.06. The molecule has 2 aromatic rings. The van der Waals surface area contributed by atoms with E-state index < -0.39 is 0 Å². The molecule has 1 aromatic carbocycles. The molecule has 0 saturated heterocycles. The molecular formula is C18H25NO2. The molecule has 0 bridgehead atoms. The number of nitrogens with one attached hydrogen (secondary N) is 1. The van der Waals surface area contributed by atoms with Gasteiger partial charge in [-0.2, -0.15) is 0 Å². The standard InChI is InChI=1S/C18H25NO2/c1-2-10-19-13-17-12-18(21-14-17)15-20-11-6-9-16-7-4-3-5-8-16/h3-5,7-8,12,14,19H,2,6,9-11,13,15H2,1H3. The summed E-state index contributed by atoms with van der Waals surface area (Å²) in [6.45, 7) is 5.39. The topological polar surface area (TPSA) is 34.4 Å². The van der Waals surface area contributed by atoms with Gasteiger partial charge in [-0.3, -0.25) is 0 Å². The summed E-state index contributed by atoms with van der Waals surface area (Å²) in [6, 6.07) is 12.6. The molecule has 3 heteroatoms. The Morgan fingerprint density at radius 3 is 2.81 bits per heavy atom. The molecule has 0 aliphatic carbocycles. The number of ether oxygens (including phenoxy) is 1. The number of hydrogen-bond donors (Lipinski definition) is 1. The minimum absolute atomic E-state index is 0.558. The molecule has 21 heavy (non-hydrogen) atoms. The van der Waals surface area contributed by atoms with Crippen molar-refractivity contribution in [2.24, 2.45) is 0 Å². The molecule has 1 N–H and O–H groups in total. The lowest BCUT2D eigenvalue weighted by molar-refractivity contribution is 0.104. The van der Waals surface area contributed by atoms with Crippen molar-refractivity contribution in [2.45, 2.75) is 39.3 Å². The van der Waals surface area contributed by atoms with Crippen LogP contribution in [0.4, 0.5) is 0 Å². The van der Waals surface area contributed by atoms with Crippen LogP contribution in [-0.4, -0.2) is 13.2 Å². The molecule has 0 fully saturated rings. The molecular weight excluding hydrogens is 262 g/mol. The maximum atomic E-state index is 5.67. The van der Waals surface area contributed by atoms with E-state index >= 15 is 0 Å². The first-order valence-corrected chi connectivity index (χ1v) is 7.77. The third-order valence-electron chi connectivity index (χ3n) is 3.31. The van der Waals surface area contributed by atoms with Crippen molar-refractivity contribution in [3.8, 4) is 0 Å². The second kappa shape index (κ2) is 9.37. The van der Waals surface area contributed by atoms with Crippen molar-refractivity contribution in [1.29, 1.82) is 0 Å². The van der Waals surface area contributed by atoms with E-state index in [2.05, 4.69) is 42.6 Å². The zero-order valence-corrected chi connectivity index (χ0v) is 12.8. The Morgan fingerprint density at radius 1 is 1.14 bits per heavy atom. The Labute approximate surface area is 127 Å². The van der Waals surface area contributed by atoms with Gasteiger partial charge >= 0.3 is 0 Å². The van der Waals surface area contributed by atoms with Gasteiger partial charge in [-0.25, -0.2) is 0 Å². The number of rotatable bonds is 10. The van der Waals surface area contributed by atoms with Crippen molar-refractivity contribution >= 4 is 0 Å². The Bertz CT molecular complexity index is 493. The minimum Gasteiger partial charge on any atom is -0.467 e. The summed E-state index contributed by atoms with van der Waals surface area (Å²) >= 11 is 0. The van der Waals surface area contributed by atoms with Crippen LogP contribution in [0, 0.1) is 0 Å². The van der Waals surface area contributed by atoms with Crippen molar-refractivity contribution in [3.63, 3.8) is 0 Å². The van der Waals surface area contributed by atoms with Gasteiger partial charge in [0.1, 0.15) is 12.4 Å². The van der Waals surface area contributed by atoms with Crippen LogP contribution < -0.4 is 5.32 Å². The molecule has 114 valence electrons. The summed E-state index contributed by atoms with van der Waals surface area (Å²) in [5.41, 5.74) is 2.55. The Balaban J connectivity index is 1.58. The molecule has 1 aromatic heterocycles. The Hall–Kier alpha value is -1.58. The van der Waals surface area contributed by atoms with Crippen LogP contribution in [0.1, 0.15) is 36.7 Å². The van der Waals surface area contributed by atoms with Crippen LogP contribution in [0.2, 0.25) is 0 Å². The molecule has 0 amide bonds. The summed E-state index contributed by atoms with van der Waals surface area (Å²) in [5, 5.41) is 3.36. The fourth-order valence-corrected chi connectivity index (χ4v) is 2.20. The van der Waals surface area contributed by atoms with Crippen molar-refractivity contribution < 1.29 is 9.15 Å². The van der Waals surface area contributed by atoms with E-state index in [0.717, 1.165) is 44.7 Å². The third-order valence-corrected chi connectivity index (χ3v) is 3.31. The lowest BCUT2D eigenvalue weighted by Crippen LogP contribution is -2.13. The van der Waals surface area contributed by atoms with Gasteiger partial charge < -0.3 is 14.5 Å². The highest BCUT2D eigenvalue weighted by atomic mass is 16.5. The van der Waals surface area contributed by atoms with Crippen LogP contribution in [-0.2, 0) is 24.3 Å². The van der Waals surface area contributed by atoms with E-state index in [4.69, 9.17) is 9.15 Å². The number of furan rings is 1. The van der Waals surface area contributed by atoms with Gasteiger partial charge in [-0.1, -0.05) is 37.3 Å². The van der Waals surface area contributed by atoms with Gasteiger partial charge in [0, 0.05) is 18.7 Å². The molecule has 0 unspecified atom stereocenters. The fourth-order valence-electron chi connectivity index (χ4n) is 2.20. The van der Waals surface area contributed by atoms with Crippen molar-refractivity contribution in [2.75, 3.05) is 13.2 Å². The number of aryl methyl sites for hydroxylation is 1. The van der Waals surface area contributed by atoms with Gasteiger partial charge in [0.15, 0.2) is 0 Å². The summed E-state index contributed by atoms with van der Waals surface area (Å²) in [7, 11) is 0. The number of hydrogen-bond acceptors (Lipinski definition) is 3. The second-order valence-electron chi connectivity index (χ2n) is 5.24. The summed E-state index contributed by atoms with van der Waals surface area (Å²) in [4.78, 5) is 0. The molecule has 2 rings (SSSR count). The maximum absolute atomic E-state index is 5.67. The van der Waals surface area contributed by atoms with Gasteiger partial charge in [-0.05, 0) is 37.4 Å². The molecule has 1 heterocycles. The largest absolute Gasteiger partial charge is 0.467 e. The third kappa shape index (κ3) is 6.15.